The summed E-state index contributed by atoms with van der Waals surface area (Å²) in [5.74, 6) is 0.361. The first-order valence-electron chi connectivity index (χ1n) is 10.9. The molecule has 1 amide bonds. The summed E-state index contributed by atoms with van der Waals surface area (Å²) in [5, 5.41) is 2.88. The number of aryl methyl sites for hydroxylation is 1. The second kappa shape index (κ2) is 11.0. The Morgan fingerprint density at radius 2 is 1.61 bits per heavy atom. The van der Waals surface area contributed by atoms with Gasteiger partial charge in [-0.3, -0.25) is 9.10 Å². The van der Waals surface area contributed by atoms with Crippen molar-refractivity contribution in [2.45, 2.75) is 31.6 Å². The molecule has 174 valence electrons. The summed E-state index contributed by atoms with van der Waals surface area (Å²) in [5.41, 5.74) is 2.45. The molecule has 3 aromatic rings. The summed E-state index contributed by atoms with van der Waals surface area (Å²) >= 11 is 0. The van der Waals surface area contributed by atoms with Crippen LogP contribution >= 0.6 is 0 Å². The van der Waals surface area contributed by atoms with Gasteiger partial charge in [-0.05, 0) is 61.7 Å². The molecule has 3 aromatic carbocycles. The maximum Gasteiger partial charge on any atom is 0.264 e. The molecule has 0 aromatic heterocycles. The minimum Gasteiger partial charge on any atom is -0.494 e. The first-order chi connectivity index (χ1) is 15.8. The molecular formula is C26H30N2O4S. The predicted molar refractivity (Wildman–Crippen MR) is 131 cm³/mol. The zero-order chi connectivity index (χ0) is 23.8. The highest BCUT2D eigenvalue weighted by molar-refractivity contribution is 7.92. The van der Waals surface area contributed by atoms with Crippen LogP contribution in [0, 0.1) is 6.92 Å². The molecule has 0 saturated heterocycles. The minimum absolute atomic E-state index is 0.0998. The van der Waals surface area contributed by atoms with Crippen molar-refractivity contribution in [1.29, 1.82) is 0 Å². The van der Waals surface area contributed by atoms with E-state index in [0.717, 1.165) is 15.4 Å². The third-order valence-corrected chi connectivity index (χ3v) is 7.09. The quantitative estimate of drug-likeness (QED) is 0.477. The topological polar surface area (TPSA) is 75.7 Å². The third kappa shape index (κ3) is 6.35. The lowest BCUT2D eigenvalue weighted by Gasteiger charge is -2.25. The van der Waals surface area contributed by atoms with Gasteiger partial charge in [-0.2, -0.15) is 0 Å². The standard InChI is InChI=1S/C26H30N2O4S/c1-4-32-24-14-12-23(13-15-24)28(33(30,31)25-16-10-20(2)11-17-25)19-26(29)27-18-21(3)22-8-6-5-7-9-22/h5-17,21H,4,18-19H2,1-3H3,(H,27,29). The summed E-state index contributed by atoms with van der Waals surface area (Å²) < 4.78 is 33.5. The molecule has 0 radical (unpaired) electrons. The van der Waals surface area contributed by atoms with E-state index in [2.05, 4.69) is 5.32 Å². The van der Waals surface area contributed by atoms with Gasteiger partial charge < -0.3 is 10.1 Å². The van der Waals surface area contributed by atoms with Crippen LogP contribution < -0.4 is 14.4 Å². The number of amides is 1. The van der Waals surface area contributed by atoms with Gasteiger partial charge >= 0.3 is 0 Å². The van der Waals surface area contributed by atoms with Crippen molar-refractivity contribution < 1.29 is 17.9 Å². The van der Waals surface area contributed by atoms with E-state index in [1.807, 2.05) is 51.1 Å². The molecule has 0 bridgehead atoms. The van der Waals surface area contributed by atoms with Crippen LogP contribution in [0.3, 0.4) is 0 Å². The molecule has 0 aliphatic carbocycles. The smallest absolute Gasteiger partial charge is 0.264 e. The molecular weight excluding hydrogens is 436 g/mol. The number of anilines is 1. The Morgan fingerprint density at radius 3 is 2.21 bits per heavy atom. The highest BCUT2D eigenvalue weighted by atomic mass is 32.2. The van der Waals surface area contributed by atoms with Gasteiger partial charge in [0.1, 0.15) is 12.3 Å². The number of benzene rings is 3. The number of carbonyl (C=O) groups excluding carboxylic acids is 1. The Labute approximate surface area is 196 Å². The number of ether oxygens (including phenoxy) is 1. The SMILES string of the molecule is CCOc1ccc(N(CC(=O)NCC(C)c2ccccc2)S(=O)(=O)c2ccc(C)cc2)cc1. The van der Waals surface area contributed by atoms with Crippen LogP contribution in [-0.2, 0) is 14.8 Å². The zero-order valence-corrected chi connectivity index (χ0v) is 20.0. The van der Waals surface area contributed by atoms with E-state index in [9.17, 15) is 13.2 Å². The number of hydrogen-bond donors (Lipinski definition) is 1. The fourth-order valence-electron chi connectivity index (χ4n) is 3.38. The van der Waals surface area contributed by atoms with Crippen molar-refractivity contribution >= 4 is 21.6 Å². The molecule has 33 heavy (non-hydrogen) atoms. The molecule has 0 aliphatic rings. The lowest BCUT2D eigenvalue weighted by Crippen LogP contribution is -2.41. The normalized spacial score (nSPS) is 12.1. The maximum atomic E-state index is 13.5. The number of nitrogens with zero attached hydrogens (tertiary/aromatic N) is 1. The molecule has 3 rings (SSSR count). The minimum atomic E-state index is -3.95. The van der Waals surface area contributed by atoms with E-state index in [0.29, 0.717) is 24.6 Å². The van der Waals surface area contributed by atoms with Gasteiger partial charge in [-0.15, -0.1) is 0 Å². The Hall–Kier alpha value is -3.32. The highest BCUT2D eigenvalue weighted by Gasteiger charge is 2.27. The molecule has 0 saturated carbocycles. The Morgan fingerprint density at radius 1 is 0.970 bits per heavy atom. The monoisotopic (exact) mass is 466 g/mol. The van der Waals surface area contributed by atoms with Gasteiger partial charge in [0.15, 0.2) is 0 Å². The van der Waals surface area contributed by atoms with Crippen molar-refractivity contribution in [2.24, 2.45) is 0 Å². The number of carbonyl (C=O) groups is 1. The Balaban J connectivity index is 1.82. The van der Waals surface area contributed by atoms with Crippen LogP contribution in [-0.4, -0.2) is 34.0 Å². The Bertz CT molecular complexity index is 1150. The Kier molecular flexibility index (Phi) is 8.11. The average Bonchev–Trinajstić information content (AvgIpc) is 2.82. The molecule has 0 spiro atoms. The molecule has 1 N–H and O–H groups in total. The van der Waals surface area contributed by atoms with E-state index in [4.69, 9.17) is 4.74 Å². The predicted octanol–water partition coefficient (Wildman–Crippen LogP) is 4.51. The maximum absolute atomic E-state index is 13.5. The molecule has 0 fully saturated rings. The van der Waals surface area contributed by atoms with Crippen LogP contribution in [0.5, 0.6) is 5.75 Å². The van der Waals surface area contributed by atoms with E-state index < -0.39 is 10.0 Å². The number of nitrogens with one attached hydrogen (secondary N) is 1. The van der Waals surface area contributed by atoms with Crippen molar-refractivity contribution in [1.82, 2.24) is 5.32 Å². The fourth-order valence-corrected chi connectivity index (χ4v) is 4.80. The van der Waals surface area contributed by atoms with E-state index >= 15 is 0 Å². The van der Waals surface area contributed by atoms with Crippen LogP contribution in [0.4, 0.5) is 5.69 Å². The lowest BCUT2D eigenvalue weighted by atomic mass is 10.0. The largest absolute Gasteiger partial charge is 0.494 e. The zero-order valence-electron chi connectivity index (χ0n) is 19.2. The van der Waals surface area contributed by atoms with Crippen molar-refractivity contribution in [3.63, 3.8) is 0 Å². The van der Waals surface area contributed by atoms with Gasteiger partial charge in [-0.25, -0.2) is 8.42 Å². The summed E-state index contributed by atoms with van der Waals surface area (Å²) in [6.45, 7) is 6.37. The average molecular weight is 467 g/mol. The lowest BCUT2D eigenvalue weighted by molar-refractivity contribution is -0.119. The molecule has 1 unspecified atom stereocenters. The first-order valence-corrected chi connectivity index (χ1v) is 12.4. The molecule has 0 heterocycles. The van der Waals surface area contributed by atoms with Crippen molar-refractivity contribution in [3.8, 4) is 5.75 Å². The molecule has 6 nitrogen and oxygen atoms in total. The van der Waals surface area contributed by atoms with Gasteiger partial charge in [-0.1, -0.05) is 55.0 Å². The van der Waals surface area contributed by atoms with E-state index in [-0.39, 0.29) is 23.3 Å². The van der Waals surface area contributed by atoms with Crippen LogP contribution in [0.15, 0.2) is 83.8 Å². The second-order valence-electron chi connectivity index (χ2n) is 7.87. The third-order valence-electron chi connectivity index (χ3n) is 5.31. The molecule has 7 heteroatoms. The summed E-state index contributed by atoms with van der Waals surface area (Å²) in [6, 6.07) is 23.2. The first kappa shape index (κ1) is 24.3. The van der Waals surface area contributed by atoms with E-state index in [1.54, 1.807) is 48.5 Å². The van der Waals surface area contributed by atoms with Gasteiger partial charge in [0.25, 0.3) is 10.0 Å². The van der Waals surface area contributed by atoms with Crippen molar-refractivity contribution in [3.05, 3.63) is 90.0 Å². The van der Waals surface area contributed by atoms with Crippen LogP contribution in [0.2, 0.25) is 0 Å². The molecule has 0 aliphatic heterocycles. The van der Waals surface area contributed by atoms with E-state index in [1.165, 1.54) is 0 Å². The second-order valence-corrected chi connectivity index (χ2v) is 9.73. The number of sulfonamides is 1. The van der Waals surface area contributed by atoms with Crippen LogP contribution in [0.1, 0.15) is 30.9 Å². The van der Waals surface area contributed by atoms with Crippen LogP contribution in [0.25, 0.3) is 0 Å². The fraction of sp³-hybridized carbons (Fsp3) is 0.269. The van der Waals surface area contributed by atoms with Gasteiger partial charge in [0.05, 0.1) is 17.2 Å². The van der Waals surface area contributed by atoms with Crippen molar-refractivity contribution in [2.75, 3.05) is 24.0 Å². The number of rotatable bonds is 10. The summed E-state index contributed by atoms with van der Waals surface area (Å²) in [4.78, 5) is 13.0. The summed E-state index contributed by atoms with van der Waals surface area (Å²) in [6.07, 6.45) is 0. The molecule has 1 atom stereocenters. The van der Waals surface area contributed by atoms with Gasteiger partial charge in [0, 0.05) is 6.54 Å². The summed E-state index contributed by atoms with van der Waals surface area (Å²) in [7, 11) is -3.95. The highest BCUT2D eigenvalue weighted by Crippen LogP contribution is 2.26. The number of hydrogen-bond acceptors (Lipinski definition) is 4. The van der Waals surface area contributed by atoms with Gasteiger partial charge in [0.2, 0.25) is 5.91 Å².